The highest BCUT2D eigenvalue weighted by molar-refractivity contribution is 6.42. The molecule has 0 unspecified atom stereocenters. The fraction of sp³-hybridized carbons (Fsp3) is 0.412. The quantitative estimate of drug-likeness (QED) is 0.748. The summed E-state index contributed by atoms with van der Waals surface area (Å²) in [5.74, 6) is -1.15. The zero-order chi connectivity index (χ0) is 18.0. The first-order valence-corrected chi connectivity index (χ1v) is 9.15. The number of ether oxygens (including phenoxy) is 1. The van der Waals surface area contributed by atoms with Gasteiger partial charge in [-0.1, -0.05) is 29.3 Å². The molecule has 0 radical (unpaired) electrons. The Labute approximate surface area is 158 Å². The van der Waals surface area contributed by atoms with Gasteiger partial charge in [-0.3, -0.25) is 9.59 Å². The summed E-state index contributed by atoms with van der Waals surface area (Å²) in [6.45, 7) is 0.404. The molecule has 3 fully saturated rings. The number of carbonyl (C=O) groups is 2. The van der Waals surface area contributed by atoms with Gasteiger partial charge in [0.25, 0.3) is 5.95 Å². The zero-order valence-corrected chi connectivity index (χ0v) is 15.0. The van der Waals surface area contributed by atoms with Crippen LogP contribution in [0.4, 0.5) is 5.95 Å². The summed E-state index contributed by atoms with van der Waals surface area (Å²) in [5.41, 5.74) is 0.887. The van der Waals surface area contributed by atoms with Gasteiger partial charge in [-0.2, -0.15) is 4.98 Å². The summed E-state index contributed by atoms with van der Waals surface area (Å²) in [7, 11) is 0. The Balaban J connectivity index is 1.39. The Kier molecular flexibility index (Phi) is 3.60. The minimum absolute atomic E-state index is 0.119. The van der Waals surface area contributed by atoms with E-state index in [1.165, 1.54) is 6.33 Å². The van der Waals surface area contributed by atoms with Crippen LogP contribution >= 0.6 is 23.2 Å². The lowest BCUT2D eigenvalue weighted by atomic mass is 9.81. The van der Waals surface area contributed by atoms with E-state index < -0.39 is 0 Å². The number of aromatic nitrogens is 3. The van der Waals surface area contributed by atoms with Crippen molar-refractivity contribution in [2.45, 2.75) is 31.6 Å². The second kappa shape index (κ2) is 5.77. The number of benzene rings is 1. The van der Waals surface area contributed by atoms with Crippen molar-refractivity contribution in [3.63, 3.8) is 0 Å². The van der Waals surface area contributed by atoms with Gasteiger partial charge in [0.15, 0.2) is 0 Å². The first-order valence-electron chi connectivity index (χ1n) is 8.39. The first kappa shape index (κ1) is 16.2. The van der Waals surface area contributed by atoms with Gasteiger partial charge in [0.1, 0.15) is 6.33 Å². The smallest absolute Gasteiger partial charge is 0.258 e. The van der Waals surface area contributed by atoms with E-state index in [4.69, 9.17) is 27.9 Å². The maximum Gasteiger partial charge on any atom is 0.258 e. The second-order valence-electron chi connectivity index (χ2n) is 6.84. The van der Waals surface area contributed by atoms with Crippen molar-refractivity contribution in [1.82, 2.24) is 14.8 Å². The molecule has 0 spiro atoms. The lowest BCUT2D eigenvalue weighted by Gasteiger charge is -2.14. The highest BCUT2D eigenvalue weighted by atomic mass is 35.5. The van der Waals surface area contributed by atoms with Crippen LogP contribution in [-0.4, -0.2) is 38.8 Å². The molecule has 0 N–H and O–H groups in total. The van der Waals surface area contributed by atoms with Crippen LogP contribution in [0.2, 0.25) is 10.0 Å². The van der Waals surface area contributed by atoms with E-state index in [2.05, 4.69) is 10.1 Å². The number of halogens is 2. The van der Waals surface area contributed by atoms with E-state index in [0.717, 1.165) is 23.3 Å². The van der Waals surface area contributed by atoms with E-state index in [0.29, 0.717) is 16.6 Å². The van der Waals surface area contributed by atoms with Crippen LogP contribution in [0.5, 0.6) is 0 Å². The van der Waals surface area contributed by atoms with E-state index in [1.54, 1.807) is 16.8 Å². The molecule has 1 aromatic heterocycles. The van der Waals surface area contributed by atoms with E-state index in [1.807, 2.05) is 6.07 Å². The second-order valence-corrected chi connectivity index (χ2v) is 7.66. The van der Waals surface area contributed by atoms with Crippen LogP contribution in [0.3, 0.4) is 0 Å². The van der Waals surface area contributed by atoms with Gasteiger partial charge in [0, 0.05) is 0 Å². The Hall–Kier alpha value is -1.96. The largest absolute Gasteiger partial charge is 0.373 e. The molecule has 2 aromatic rings. The van der Waals surface area contributed by atoms with Crippen molar-refractivity contribution in [2.24, 2.45) is 11.8 Å². The molecule has 2 bridgehead atoms. The fourth-order valence-electron chi connectivity index (χ4n) is 4.20. The number of rotatable bonds is 3. The molecule has 1 aromatic carbocycles. The highest BCUT2D eigenvalue weighted by Crippen LogP contribution is 2.48. The van der Waals surface area contributed by atoms with Gasteiger partial charge in [0.05, 0.1) is 40.6 Å². The number of fused-ring (bicyclic) bond motifs is 5. The molecule has 3 aliphatic heterocycles. The highest BCUT2D eigenvalue weighted by Gasteiger charge is 2.63. The summed E-state index contributed by atoms with van der Waals surface area (Å²) in [6, 6.07) is 5.29. The molecule has 134 valence electrons. The van der Waals surface area contributed by atoms with Crippen LogP contribution in [0.25, 0.3) is 0 Å². The summed E-state index contributed by atoms with van der Waals surface area (Å²) in [5, 5.41) is 5.25. The molecule has 0 aliphatic carbocycles. The third-order valence-corrected chi connectivity index (χ3v) is 6.08. The molecular formula is C17H14Cl2N4O3. The lowest BCUT2D eigenvalue weighted by Crippen LogP contribution is -2.35. The normalized spacial score (nSPS) is 29.7. The molecule has 7 nitrogen and oxygen atoms in total. The van der Waals surface area contributed by atoms with Crippen molar-refractivity contribution in [2.75, 3.05) is 4.90 Å². The van der Waals surface area contributed by atoms with Gasteiger partial charge in [-0.15, -0.1) is 5.10 Å². The van der Waals surface area contributed by atoms with Gasteiger partial charge >= 0.3 is 0 Å². The van der Waals surface area contributed by atoms with E-state index in [9.17, 15) is 9.59 Å². The number of imide groups is 1. The number of anilines is 1. The van der Waals surface area contributed by atoms with Crippen molar-refractivity contribution in [1.29, 1.82) is 0 Å². The van der Waals surface area contributed by atoms with Crippen LogP contribution in [0.1, 0.15) is 18.4 Å². The van der Waals surface area contributed by atoms with Crippen molar-refractivity contribution < 1.29 is 14.3 Å². The standard InChI is InChI=1S/C17H14Cl2N4O3/c18-9-2-1-8(5-10(9)19)6-22-7-20-17(21-22)23-15(24)13-11-3-4-12(26-11)14(13)16(23)25/h1-2,5,7,11-14H,3-4,6H2/t11-,12-,13+,14+/m1/s1. The molecule has 0 saturated carbocycles. The minimum Gasteiger partial charge on any atom is -0.373 e. The maximum absolute atomic E-state index is 12.7. The maximum atomic E-state index is 12.7. The number of nitrogens with zero attached hydrogens (tertiary/aromatic N) is 4. The predicted molar refractivity (Wildman–Crippen MR) is 93.0 cm³/mol. The van der Waals surface area contributed by atoms with Crippen molar-refractivity contribution in [3.8, 4) is 0 Å². The summed E-state index contributed by atoms with van der Waals surface area (Å²) in [6.07, 6.45) is 2.86. The number of carbonyl (C=O) groups excluding carboxylic acids is 2. The summed E-state index contributed by atoms with van der Waals surface area (Å²) in [4.78, 5) is 30.8. The Morgan fingerprint density at radius 2 is 1.77 bits per heavy atom. The van der Waals surface area contributed by atoms with Crippen LogP contribution in [0, 0.1) is 11.8 Å². The average Bonchev–Trinajstić information content (AvgIpc) is 3.36. The molecular weight excluding hydrogens is 379 g/mol. The Morgan fingerprint density at radius 3 is 2.42 bits per heavy atom. The number of amides is 2. The number of hydrogen-bond donors (Lipinski definition) is 0. The van der Waals surface area contributed by atoms with Crippen LogP contribution in [0.15, 0.2) is 24.5 Å². The fourth-order valence-corrected chi connectivity index (χ4v) is 4.52. The predicted octanol–water partition coefficient (Wildman–Crippen LogP) is 2.30. The Bertz CT molecular complexity index is 902. The number of hydrogen-bond acceptors (Lipinski definition) is 5. The summed E-state index contributed by atoms with van der Waals surface area (Å²) >= 11 is 12.0. The lowest BCUT2D eigenvalue weighted by molar-refractivity contribution is -0.124. The monoisotopic (exact) mass is 392 g/mol. The molecule has 3 saturated heterocycles. The van der Waals surface area contributed by atoms with Crippen molar-refractivity contribution >= 4 is 41.0 Å². The van der Waals surface area contributed by atoms with Crippen molar-refractivity contribution in [3.05, 3.63) is 40.1 Å². The SMILES string of the molecule is O=C1[C@@H]2[C@@H](C(=O)N1c1ncn(Cc3ccc(Cl)c(Cl)c3)n1)[C@H]1CC[C@H]2O1. The molecule has 4 atom stereocenters. The molecule has 4 heterocycles. The molecule has 26 heavy (non-hydrogen) atoms. The van der Waals surface area contributed by atoms with E-state index >= 15 is 0 Å². The zero-order valence-electron chi connectivity index (χ0n) is 13.5. The molecule has 9 heteroatoms. The van der Waals surface area contributed by atoms with E-state index in [-0.39, 0.29) is 41.8 Å². The summed E-state index contributed by atoms with van der Waals surface area (Å²) < 4.78 is 7.30. The van der Waals surface area contributed by atoms with Crippen LogP contribution in [-0.2, 0) is 20.9 Å². The molecule has 3 aliphatic rings. The van der Waals surface area contributed by atoms with Gasteiger partial charge < -0.3 is 4.74 Å². The molecule has 5 rings (SSSR count). The third kappa shape index (κ3) is 2.31. The first-order chi connectivity index (χ1) is 12.5. The topological polar surface area (TPSA) is 77.3 Å². The average molecular weight is 393 g/mol. The molecule has 2 amide bonds. The van der Waals surface area contributed by atoms with Gasteiger partial charge in [-0.05, 0) is 30.5 Å². The Morgan fingerprint density at radius 1 is 1.08 bits per heavy atom. The van der Waals surface area contributed by atoms with Gasteiger partial charge in [-0.25, -0.2) is 9.58 Å². The third-order valence-electron chi connectivity index (χ3n) is 5.34. The van der Waals surface area contributed by atoms with Crippen LogP contribution < -0.4 is 4.90 Å². The minimum atomic E-state index is -0.386. The van der Waals surface area contributed by atoms with Gasteiger partial charge in [0.2, 0.25) is 11.8 Å².